The van der Waals surface area contributed by atoms with Gasteiger partial charge in [0.05, 0.1) is 6.61 Å². The molecule has 0 unspecified atom stereocenters. The van der Waals surface area contributed by atoms with Gasteiger partial charge >= 0.3 is 0 Å². The van der Waals surface area contributed by atoms with Crippen LogP contribution in [0.25, 0.3) is 0 Å². The second-order valence-corrected chi connectivity index (χ2v) is 7.40. The Bertz CT molecular complexity index is 777. The molecule has 2 aliphatic heterocycles. The summed E-state index contributed by atoms with van der Waals surface area (Å²) in [7, 11) is 1.89. The van der Waals surface area contributed by atoms with Crippen molar-refractivity contribution in [3.63, 3.8) is 0 Å². The maximum absolute atomic E-state index is 13.1. The van der Waals surface area contributed by atoms with Crippen LogP contribution in [0, 0.1) is 5.41 Å². The Morgan fingerprint density at radius 1 is 1.31 bits per heavy atom. The molecule has 4 rings (SSSR count). The van der Waals surface area contributed by atoms with Gasteiger partial charge in [-0.2, -0.15) is 0 Å². The lowest BCUT2D eigenvalue weighted by Gasteiger charge is -2.54. The average molecular weight is 355 g/mol. The number of piperidine rings is 2. The number of hydrogen-bond donors (Lipinski definition) is 1. The Morgan fingerprint density at radius 2 is 2.12 bits per heavy atom. The summed E-state index contributed by atoms with van der Waals surface area (Å²) >= 11 is 0. The van der Waals surface area contributed by atoms with Crippen LogP contribution in [0.1, 0.15) is 29.8 Å². The largest absolute Gasteiger partial charge is 0.396 e. The third kappa shape index (κ3) is 2.76. The summed E-state index contributed by atoms with van der Waals surface area (Å²) in [6, 6.07) is 5.61. The van der Waals surface area contributed by atoms with Crippen LogP contribution >= 0.6 is 0 Å². The van der Waals surface area contributed by atoms with Gasteiger partial charge in [-0.25, -0.2) is 9.97 Å². The Kier molecular flexibility index (Phi) is 4.40. The van der Waals surface area contributed by atoms with E-state index in [1.54, 1.807) is 18.5 Å². The highest BCUT2D eigenvalue weighted by Gasteiger charge is 2.49. The second-order valence-electron chi connectivity index (χ2n) is 7.40. The number of likely N-dealkylation sites (tertiary alicyclic amines) is 1. The number of aryl methyl sites for hydroxylation is 1. The van der Waals surface area contributed by atoms with E-state index in [2.05, 4.69) is 14.9 Å². The van der Waals surface area contributed by atoms with Gasteiger partial charge in [0.2, 0.25) is 5.95 Å². The molecule has 26 heavy (non-hydrogen) atoms. The van der Waals surface area contributed by atoms with Crippen LogP contribution in [0.3, 0.4) is 0 Å². The quantitative estimate of drug-likeness (QED) is 0.899. The van der Waals surface area contributed by atoms with Crippen molar-refractivity contribution in [3.05, 3.63) is 42.5 Å². The van der Waals surface area contributed by atoms with Crippen molar-refractivity contribution in [2.24, 2.45) is 12.5 Å². The van der Waals surface area contributed by atoms with Gasteiger partial charge < -0.3 is 19.5 Å². The van der Waals surface area contributed by atoms with Gasteiger partial charge in [-0.1, -0.05) is 0 Å². The molecule has 2 aromatic heterocycles. The number of carbonyl (C=O) groups excluding carboxylic acids is 1. The van der Waals surface area contributed by atoms with Crippen LogP contribution in [0.15, 0.2) is 36.8 Å². The predicted octanol–water partition coefficient (Wildman–Crippen LogP) is 1.31. The maximum atomic E-state index is 13.1. The molecule has 138 valence electrons. The molecule has 4 heterocycles. The summed E-state index contributed by atoms with van der Waals surface area (Å²) in [5.74, 6) is 0.758. The van der Waals surface area contributed by atoms with Crippen molar-refractivity contribution >= 4 is 11.9 Å². The van der Waals surface area contributed by atoms with E-state index in [1.165, 1.54) is 0 Å². The summed E-state index contributed by atoms with van der Waals surface area (Å²) in [4.78, 5) is 26.0. The van der Waals surface area contributed by atoms with Crippen molar-refractivity contribution in [3.8, 4) is 0 Å². The molecule has 0 bridgehead atoms. The minimum Gasteiger partial charge on any atom is -0.396 e. The van der Waals surface area contributed by atoms with E-state index in [1.807, 2.05) is 34.8 Å². The first-order valence-electron chi connectivity index (χ1n) is 9.20. The molecule has 2 aromatic rings. The number of rotatable bonds is 3. The van der Waals surface area contributed by atoms with Crippen molar-refractivity contribution in [2.75, 3.05) is 31.1 Å². The molecular formula is C19H25N5O2. The zero-order valence-corrected chi connectivity index (χ0v) is 15.1. The Hall–Kier alpha value is -2.41. The number of aromatic nitrogens is 3. The van der Waals surface area contributed by atoms with Gasteiger partial charge in [-0.05, 0) is 37.5 Å². The van der Waals surface area contributed by atoms with E-state index in [9.17, 15) is 9.90 Å². The Morgan fingerprint density at radius 3 is 2.81 bits per heavy atom. The zero-order valence-electron chi connectivity index (χ0n) is 15.1. The van der Waals surface area contributed by atoms with E-state index < -0.39 is 0 Å². The lowest BCUT2D eigenvalue weighted by Crippen LogP contribution is -2.64. The van der Waals surface area contributed by atoms with Crippen LogP contribution in [0.5, 0.6) is 0 Å². The number of aliphatic hydroxyl groups is 1. The van der Waals surface area contributed by atoms with E-state index >= 15 is 0 Å². The number of amides is 1. The second kappa shape index (κ2) is 6.72. The fraction of sp³-hybridized carbons (Fsp3) is 0.526. The molecule has 2 saturated heterocycles. The molecule has 2 aliphatic rings. The Balaban J connectivity index is 1.61. The molecule has 7 heteroatoms. The molecule has 7 nitrogen and oxygen atoms in total. The summed E-state index contributed by atoms with van der Waals surface area (Å²) in [6.45, 7) is 2.28. The van der Waals surface area contributed by atoms with E-state index in [0.717, 1.165) is 32.4 Å². The number of carbonyl (C=O) groups is 1. The summed E-state index contributed by atoms with van der Waals surface area (Å²) in [5.41, 5.74) is 0.379. The van der Waals surface area contributed by atoms with Gasteiger partial charge in [0, 0.05) is 56.7 Å². The van der Waals surface area contributed by atoms with E-state index in [-0.39, 0.29) is 24.0 Å². The molecule has 2 fully saturated rings. The van der Waals surface area contributed by atoms with Gasteiger partial charge in [0.25, 0.3) is 5.91 Å². The maximum Gasteiger partial charge on any atom is 0.270 e. The molecule has 0 saturated carbocycles. The third-order valence-electron chi connectivity index (χ3n) is 5.91. The highest BCUT2D eigenvalue weighted by atomic mass is 16.3. The fourth-order valence-electron chi connectivity index (χ4n) is 4.57. The van der Waals surface area contributed by atoms with Crippen LogP contribution in [-0.2, 0) is 7.05 Å². The molecule has 1 amide bonds. The minimum atomic E-state index is -0.323. The number of fused-ring (bicyclic) bond motifs is 1. The molecular weight excluding hydrogens is 330 g/mol. The fourth-order valence-corrected chi connectivity index (χ4v) is 4.57. The van der Waals surface area contributed by atoms with Crippen LogP contribution in [-0.4, -0.2) is 62.7 Å². The average Bonchev–Trinajstić information content (AvgIpc) is 3.13. The number of nitrogens with zero attached hydrogens (tertiary/aromatic N) is 5. The number of aliphatic hydroxyl groups excluding tert-OH is 1. The normalized spacial score (nSPS) is 25.8. The smallest absolute Gasteiger partial charge is 0.270 e. The molecule has 0 spiro atoms. The standard InChI is InChI=1S/C19H25N5O2/c1-22-10-2-5-15(22)17(26)24-11-3-7-19(14-25)13-23(12-6-16(19)24)18-20-8-4-9-21-18/h2,4-5,8-10,16,25H,3,6-7,11-14H2,1H3/t16-,19-/m1/s1. The first-order valence-corrected chi connectivity index (χ1v) is 9.20. The minimum absolute atomic E-state index is 0.0450. The number of anilines is 1. The monoisotopic (exact) mass is 355 g/mol. The van der Waals surface area contributed by atoms with Crippen molar-refractivity contribution in [1.29, 1.82) is 0 Å². The van der Waals surface area contributed by atoms with Crippen LogP contribution in [0.2, 0.25) is 0 Å². The Labute approximate surface area is 153 Å². The highest BCUT2D eigenvalue weighted by molar-refractivity contribution is 5.93. The first kappa shape index (κ1) is 17.0. The van der Waals surface area contributed by atoms with Crippen molar-refractivity contribution in [1.82, 2.24) is 19.4 Å². The van der Waals surface area contributed by atoms with Crippen molar-refractivity contribution in [2.45, 2.75) is 25.3 Å². The predicted molar refractivity (Wildman–Crippen MR) is 97.9 cm³/mol. The van der Waals surface area contributed by atoms with E-state index in [4.69, 9.17) is 0 Å². The van der Waals surface area contributed by atoms with Gasteiger partial charge in [0.15, 0.2) is 0 Å². The number of hydrogen-bond acceptors (Lipinski definition) is 5. The third-order valence-corrected chi connectivity index (χ3v) is 5.91. The summed E-state index contributed by atoms with van der Waals surface area (Å²) < 4.78 is 1.87. The summed E-state index contributed by atoms with van der Waals surface area (Å²) in [6.07, 6.45) is 8.00. The van der Waals surface area contributed by atoms with Crippen LogP contribution < -0.4 is 4.90 Å². The van der Waals surface area contributed by atoms with Gasteiger partial charge in [0.1, 0.15) is 5.69 Å². The lowest BCUT2D eigenvalue weighted by molar-refractivity contribution is -0.0264. The molecule has 0 radical (unpaired) electrons. The van der Waals surface area contributed by atoms with Gasteiger partial charge in [-0.15, -0.1) is 0 Å². The van der Waals surface area contributed by atoms with Crippen molar-refractivity contribution < 1.29 is 9.90 Å². The highest BCUT2D eigenvalue weighted by Crippen LogP contribution is 2.42. The molecule has 0 aromatic carbocycles. The first-order chi connectivity index (χ1) is 12.6. The SMILES string of the molecule is Cn1cccc1C(=O)N1CCC[C@]2(CO)CN(c3ncccn3)CC[C@@H]12. The van der Waals surface area contributed by atoms with E-state index in [0.29, 0.717) is 18.2 Å². The molecule has 2 atom stereocenters. The zero-order chi connectivity index (χ0) is 18.1. The van der Waals surface area contributed by atoms with Crippen LogP contribution in [0.4, 0.5) is 5.95 Å². The molecule has 0 aliphatic carbocycles. The molecule has 1 N–H and O–H groups in total. The summed E-state index contributed by atoms with van der Waals surface area (Å²) in [5, 5.41) is 10.3. The topological polar surface area (TPSA) is 74.5 Å². The lowest BCUT2D eigenvalue weighted by atomic mass is 9.69. The van der Waals surface area contributed by atoms with Gasteiger partial charge in [-0.3, -0.25) is 4.79 Å².